The van der Waals surface area contributed by atoms with Gasteiger partial charge >= 0.3 is 0 Å². The van der Waals surface area contributed by atoms with Gasteiger partial charge in [-0.1, -0.05) is 23.7 Å². The molecule has 2 aliphatic carbocycles. The summed E-state index contributed by atoms with van der Waals surface area (Å²) in [4.78, 5) is 0.474. The minimum atomic E-state index is -3.76. The van der Waals surface area contributed by atoms with E-state index in [1.165, 1.54) is 59.6 Å². The van der Waals surface area contributed by atoms with E-state index in [1.54, 1.807) is 48.5 Å². The fourth-order valence-electron chi connectivity index (χ4n) is 7.36. The highest BCUT2D eigenvalue weighted by Crippen LogP contribution is 2.35. The summed E-state index contributed by atoms with van der Waals surface area (Å²) in [5.41, 5.74) is 8.01. The minimum absolute atomic E-state index is 0.197. The molecule has 0 bridgehead atoms. The zero-order valence-corrected chi connectivity index (χ0v) is 30.2. The van der Waals surface area contributed by atoms with Crippen LogP contribution in [0.2, 0.25) is 5.02 Å². The number of halogens is 2. The van der Waals surface area contributed by atoms with Gasteiger partial charge in [0.25, 0.3) is 20.0 Å². The van der Waals surface area contributed by atoms with Gasteiger partial charge in [0.1, 0.15) is 5.82 Å². The van der Waals surface area contributed by atoms with Crippen LogP contribution in [-0.2, 0) is 59.8 Å². The zero-order chi connectivity index (χ0) is 35.2. The molecule has 0 aliphatic heterocycles. The summed E-state index contributed by atoms with van der Waals surface area (Å²) >= 11 is 5.94. The third kappa shape index (κ3) is 6.61. The number of nitrogens with zero attached hydrogens (tertiary/aromatic N) is 2. The average molecular weight is 733 g/mol. The summed E-state index contributed by atoms with van der Waals surface area (Å²) in [7, 11) is -3.33. The van der Waals surface area contributed by atoms with Crippen LogP contribution in [0, 0.1) is 5.82 Å². The van der Waals surface area contributed by atoms with Gasteiger partial charge in [0.2, 0.25) is 0 Å². The maximum atomic E-state index is 13.3. The molecule has 6 aromatic rings. The van der Waals surface area contributed by atoms with E-state index < -0.39 is 25.9 Å². The molecule has 0 unspecified atom stereocenters. The third-order valence-electron chi connectivity index (χ3n) is 9.77. The Morgan fingerprint density at radius 3 is 1.54 bits per heavy atom. The van der Waals surface area contributed by atoms with Crippen molar-refractivity contribution in [3.63, 3.8) is 0 Å². The summed E-state index contributed by atoms with van der Waals surface area (Å²) < 4.78 is 73.7. The van der Waals surface area contributed by atoms with E-state index >= 15 is 0 Å². The molecule has 12 heteroatoms. The number of aryl methyl sites for hydroxylation is 4. The quantitative estimate of drug-likeness (QED) is 0.179. The number of hydrogen-bond donors (Lipinski definition) is 2. The largest absolute Gasteiger partial charge is 0.347 e. The van der Waals surface area contributed by atoms with E-state index in [2.05, 4.69) is 25.6 Å². The first-order valence-corrected chi connectivity index (χ1v) is 20.0. The van der Waals surface area contributed by atoms with Crippen molar-refractivity contribution in [3.8, 4) is 0 Å². The molecule has 2 N–H and O–H groups in total. The molecule has 4 aromatic carbocycles. The summed E-state index contributed by atoms with van der Waals surface area (Å²) in [5.74, 6) is -0.479. The Kier molecular flexibility index (Phi) is 9.17. The van der Waals surface area contributed by atoms with Crippen LogP contribution < -0.4 is 9.44 Å². The fourth-order valence-corrected chi connectivity index (χ4v) is 9.70. The highest BCUT2D eigenvalue weighted by Gasteiger charge is 2.23. The van der Waals surface area contributed by atoms with Gasteiger partial charge in [-0.2, -0.15) is 0 Å². The maximum absolute atomic E-state index is 13.3. The molecule has 2 aliphatic rings. The molecule has 0 fully saturated rings. The van der Waals surface area contributed by atoms with E-state index in [1.807, 2.05) is 19.2 Å². The van der Waals surface area contributed by atoms with Crippen molar-refractivity contribution in [2.75, 3.05) is 9.44 Å². The lowest BCUT2D eigenvalue weighted by Gasteiger charge is -2.13. The second kappa shape index (κ2) is 13.4. The number of hydrogen-bond acceptors (Lipinski definition) is 4. The molecule has 8 rings (SSSR count). The summed E-state index contributed by atoms with van der Waals surface area (Å²) in [6.45, 7) is 0. The van der Waals surface area contributed by atoms with E-state index in [0.29, 0.717) is 10.7 Å². The fraction of sp³-hybridized carbons (Fsp3) is 0.263. The Bertz CT molecular complexity index is 2320. The molecule has 50 heavy (non-hydrogen) atoms. The first-order valence-electron chi connectivity index (χ1n) is 16.7. The molecule has 0 atom stereocenters. The van der Waals surface area contributed by atoms with Gasteiger partial charge in [-0.05, 0) is 135 Å². The number of nitrogens with one attached hydrogen (secondary N) is 2. The molecule has 0 saturated carbocycles. The monoisotopic (exact) mass is 732 g/mol. The lowest BCUT2D eigenvalue weighted by molar-refractivity contribution is 0.599. The Morgan fingerprint density at radius 2 is 1.06 bits per heavy atom. The molecule has 0 saturated heterocycles. The van der Waals surface area contributed by atoms with Gasteiger partial charge in [-0.25, -0.2) is 21.2 Å². The summed E-state index contributed by atoms with van der Waals surface area (Å²) in [5, 5.41) is 2.54. The van der Waals surface area contributed by atoms with Gasteiger partial charge < -0.3 is 9.13 Å². The van der Waals surface area contributed by atoms with Crippen molar-refractivity contribution >= 4 is 64.8 Å². The van der Waals surface area contributed by atoms with Crippen molar-refractivity contribution in [3.05, 3.63) is 118 Å². The Balaban J connectivity index is 0.000000157. The molecular formula is C38H38ClFN4O4S2. The van der Waals surface area contributed by atoms with Crippen molar-refractivity contribution in [2.45, 2.75) is 61.2 Å². The van der Waals surface area contributed by atoms with E-state index in [4.69, 9.17) is 11.6 Å². The lowest BCUT2D eigenvalue weighted by Crippen LogP contribution is -2.13. The number of rotatable bonds is 6. The molecule has 260 valence electrons. The van der Waals surface area contributed by atoms with Crippen LogP contribution in [0.25, 0.3) is 21.8 Å². The van der Waals surface area contributed by atoms with Crippen LogP contribution in [0.3, 0.4) is 0 Å². The molecule has 0 radical (unpaired) electrons. The number of aromatic nitrogens is 2. The predicted molar refractivity (Wildman–Crippen MR) is 199 cm³/mol. The second-order valence-electron chi connectivity index (χ2n) is 13.0. The van der Waals surface area contributed by atoms with Crippen molar-refractivity contribution < 1.29 is 21.2 Å². The summed E-state index contributed by atoms with van der Waals surface area (Å²) in [6.07, 6.45) is 8.73. The van der Waals surface area contributed by atoms with Gasteiger partial charge in [-0.3, -0.25) is 9.44 Å². The molecule has 0 spiro atoms. The molecule has 0 amide bonds. The molecular weight excluding hydrogens is 695 g/mol. The summed E-state index contributed by atoms with van der Waals surface area (Å²) in [6, 6.07) is 22.7. The topological polar surface area (TPSA) is 102 Å². The van der Waals surface area contributed by atoms with Crippen LogP contribution in [-0.4, -0.2) is 26.0 Å². The van der Waals surface area contributed by atoms with Gasteiger partial charge in [0.05, 0.1) is 21.2 Å². The predicted octanol–water partition coefficient (Wildman–Crippen LogP) is 8.51. The molecule has 2 aromatic heterocycles. The smallest absolute Gasteiger partial charge is 0.261 e. The van der Waals surface area contributed by atoms with Crippen molar-refractivity contribution in [2.24, 2.45) is 14.1 Å². The van der Waals surface area contributed by atoms with Crippen LogP contribution in [0.15, 0.2) is 94.7 Å². The SMILES string of the molecule is Cn1c2c(c3cc(S(=O)(=O)Nc4cccc(Cl)c4)ccc31)CCCC2.Cn1c2c(c3cc(S(=O)(=O)Nc4cccc(F)c4)ccc31)CCCC2. The van der Waals surface area contributed by atoms with E-state index in [0.717, 1.165) is 60.3 Å². The highest BCUT2D eigenvalue weighted by molar-refractivity contribution is 7.93. The first kappa shape index (κ1) is 34.1. The van der Waals surface area contributed by atoms with Gasteiger partial charge in [0, 0.05) is 52.3 Å². The first-order chi connectivity index (χ1) is 23.9. The van der Waals surface area contributed by atoms with Gasteiger partial charge in [-0.15, -0.1) is 0 Å². The maximum Gasteiger partial charge on any atom is 0.261 e. The van der Waals surface area contributed by atoms with Crippen LogP contribution >= 0.6 is 11.6 Å². The number of benzene rings is 4. The van der Waals surface area contributed by atoms with Crippen molar-refractivity contribution in [1.29, 1.82) is 0 Å². The Hall–Kier alpha value is -4.32. The number of sulfonamides is 2. The molecule has 2 heterocycles. The normalized spacial score (nSPS) is 14.5. The van der Waals surface area contributed by atoms with Crippen LogP contribution in [0.4, 0.5) is 15.8 Å². The Morgan fingerprint density at radius 1 is 0.600 bits per heavy atom. The number of anilines is 2. The van der Waals surface area contributed by atoms with Crippen LogP contribution in [0.1, 0.15) is 48.2 Å². The Labute approximate surface area is 297 Å². The highest BCUT2D eigenvalue weighted by atomic mass is 35.5. The minimum Gasteiger partial charge on any atom is -0.347 e. The third-order valence-corrected chi connectivity index (χ3v) is 12.8. The second-order valence-corrected chi connectivity index (χ2v) is 16.8. The van der Waals surface area contributed by atoms with E-state index in [-0.39, 0.29) is 15.5 Å². The van der Waals surface area contributed by atoms with E-state index in [9.17, 15) is 21.2 Å². The molecule has 8 nitrogen and oxygen atoms in total. The van der Waals surface area contributed by atoms with Crippen LogP contribution in [0.5, 0.6) is 0 Å². The van der Waals surface area contributed by atoms with Crippen molar-refractivity contribution in [1.82, 2.24) is 9.13 Å². The average Bonchev–Trinajstić information content (AvgIpc) is 3.55. The zero-order valence-electron chi connectivity index (χ0n) is 27.8. The number of fused-ring (bicyclic) bond motifs is 6. The standard InChI is InChI=1S/C19H19ClN2O2S.C19H19FN2O2S/c2*1-22-18-8-3-2-7-16(18)17-12-15(9-10-19(17)22)25(23,24)21-14-6-4-5-13(20)11-14/h2*4-6,9-12,21H,2-3,7-8H2,1H3. The van der Waals surface area contributed by atoms with Gasteiger partial charge in [0.15, 0.2) is 0 Å². The lowest BCUT2D eigenvalue weighted by atomic mass is 9.96.